The van der Waals surface area contributed by atoms with Gasteiger partial charge in [-0.05, 0) is 25.2 Å². The summed E-state index contributed by atoms with van der Waals surface area (Å²) < 4.78 is 0.973. The Kier molecular flexibility index (Phi) is 4.16. The first kappa shape index (κ1) is 13.5. The first-order chi connectivity index (χ1) is 9.04. The molecule has 7 nitrogen and oxygen atoms in total. The largest absolute Gasteiger partial charge is 0.393 e. The van der Waals surface area contributed by atoms with Crippen molar-refractivity contribution in [3.05, 3.63) is 32.8 Å². The lowest BCUT2D eigenvalue weighted by Gasteiger charge is -2.11. The van der Waals surface area contributed by atoms with E-state index in [0.29, 0.717) is 13.0 Å². The molecule has 2 atom stereocenters. The third-order valence-electron chi connectivity index (χ3n) is 3.29. The predicted molar refractivity (Wildman–Crippen MR) is 67.7 cm³/mol. The molecule has 1 aromatic heterocycles. The maximum atomic E-state index is 11.7. The summed E-state index contributed by atoms with van der Waals surface area (Å²) >= 11 is 0. The Bertz CT molecular complexity index is 563. The van der Waals surface area contributed by atoms with Crippen molar-refractivity contribution in [1.29, 1.82) is 0 Å². The highest BCUT2D eigenvalue weighted by Gasteiger charge is 2.22. The molecular weight excluding hydrogens is 250 g/mol. The number of aromatic nitrogens is 2. The molecule has 1 heterocycles. The first-order valence-electron chi connectivity index (χ1n) is 6.29. The Morgan fingerprint density at radius 1 is 1.42 bits per heavy atom. The number of carbonyl (C=O) groups excluding carboxylic acids is 1. The molecule has 0 bridgehead atoms. The number of amides is 1. The van der Waals surface area contributed by atoms with Gasteiger partial charge in [0.1, 0.15) is 6.54 Å². The van der Waals surface area contributed by atoms with Crippen molar-refractivity contribution in [3.8, 4) is 0 Å². The monoisotopic (exact) mass is 267 g/mol. The van der Waals surface area contributed by atoms with Crippen LogP contribution in [0.5, 0.6) is 0 Å². The average molecular weight is 267 g/mol. The average Bonchev–Trinajstić information content (AvgIpc) is 2.77. The molecule has 0 spiro atoms. The summed E-state index contributed by atoms with van der Waals surface area (Å²) in [5, 5.41) is 14.4. The van der Waals surface area contributed by atoms with Crippen LogP contribution in [0.25, 0.3) is 0 Å². The molecular formula is C12H17N3O4. The molecule has 2 unspecified atom stereocenters. The molecule has 0 radical (unpaired) electrons. The minimum Gasteiger partial charge on any atom is -0.393 e. The maximum Gasteiger partial charge on any atom is 0.265 e. The molecule has 1 aliphatic rings. The van der Waals surface area contributed by atoms with Crippen molar-refractivity contribution in [1.82, 2.24) is 15.1 Å². The van der Waals surface area contributed by atoms with E-state index in [1.807, 2.05) is 0 Å². The highest BCUT2D eigenvalue weighted by atomic mass is 16.3. The molecule has 1 amide bonds. The molecule has 104 valence electrons. The Morgan fingerprint density at radius 3 is 2.89 bits per heavy atom. The molecule has 1 aromatic rings. The van der Waals surface area contributed by atoms with Gasteiger partial charge in [-0.2, -0.15) is 0 Å². The van der Waals surface area contributed by atoms with E-state index in [1.165, 1.54) is 0 Å². The first-order valence-corrected chi connectivity index (χ1v) is 6.29. The smallest absolute Gasteiger partial charge is 0.265 e. The number of nitrogens with zero attached hydrogens (tertiary/aromatic N) is 1. The third kappa shape index (κ3) is 3.78. The highest BCUT2D eigenvalue weighted by molar-refractivity contribution is 5.75. The van der Waals surface area contributed by atoms with E-state index in [-0.39, 0.29) is 24.5 Å². The number of rotatable bonds is 4. The Labute approximate surface area is 109 Å². The zero-order valence-electron chi connectivity index (χ0n) is 10.5. The van der Waals surface area contributed by atoms with Gasteiger partial charge in [0.2, 0.25) is 5.91 Å². The van der Waals surface area contributed by atoms with Gasteiger partial charge in [-0.1, -0.05) is 0 Å². The molecule has 1 aliphatic carbocycles. The van der Waals surface area contributed by atoms with Crippen LogP contribution in [-0.4, -0.2) is 33.4 Å². The molecule has 19 heavy (non-hydrogen) atoms. The number of hydrogen-bond acceptors (Lipinski definition) is 4. The topological polar surface area (TPSA) is 104 Å². The van der Waals surface area contributed by atoms with Crippen LogP contribution in [0, 0.1) is 5.92 Å². The maximum absolute atomic E-state index is 11.7. The molecule has 0 saturated heterocycles. The number of nitrogens with one attached hydrogen (secondary N) is 2. The van der Waals surface area contributed by atoms with Crippen LogP contribution in [0.4, 0.5) is 0 Å². The van der Waals surface area contributed by atoms with Gasteiger partial charge in [0, 0.05) is 18.7 Å². The summed E-state index contributed by atoms with van der Waals surface area (Å²) in [6, 6.07) is 2.25. The van der Waals surface area contributed by atoms with E-state index >= 15 is 0 Å². The van der Waals surface area contributed by atoms with Crippen LogP contribution < -0.4 is 16.4 Å². The van der Waals surface area contributed by atoms with E-state index in [2.05, 4.69) is 10.4 Å². The van der Waals surface area contributed by atoms with Gasteiger partial charge in [0.25, 0.3) is 11.1 Å². The highest BCUT2D eigenvalue weighted by Crippen LogP contribution is 2.24. The van der Waals surface area contributed by atoms with Gasteiger partial charge in [-0.15, -0.1) is 0 Å². The van der Waals surface area contributed by atoms with Gasteiger partial charge < -0.3 is 10.4 Å². The van der Waals surface area contributed by atoms with Gasteiger partial charge in [0.05, 0.1) is 6.10 Å². The standard InChI is InChI=1S/C12H17N3O4/c16-9-2-1-8(5-9)6-13-11(18)7-15-12(19)4-3-10(17)14-15/h3-4,8-9,16H,1-2,5-7H2,(H,13,18)(H,14,17). The van der Waals surface area contributed by atoms with Gasteiger partial charge in [-0.3, -0.25) is 19.5 Å². The molecule has 1 fully saturated rings. The molecule has 2 rings (SSSR count). The van der Waals surface area contributed by atoms with E-state index in [9.17, 15) is 19.5 Å². The number of H-pyrrole nitrogens is 1. The molecule has 3 N–H and O–H groups in total. The minimum absolute atomic E-state index is 0.204. The fourth-order valence-electron chi connectivity index (χ4n) is 2.27. The molecule has 7 heteroatoms. The number of hydrogen-bond donors (Lipinski definition) is 3. The zero-order valence-corrected chi connectivity index (χ0v) is 10.5. The van der Waals surface area contributed by atoms with Crippen LogP contribution in [0.3, 0.4) is 0 Å². The molecule has 1 saturated carbocycles. The predicted octanol–water partition coefficient (Wildman–Crippen LogP) is -1.19. The van der Waals surface area contributed by atoms with Crippen LogP contribution in [0.1, 0.15) is 19.3 Å². The second kappa shape index (κ2) is 5.83. The summed E-state index contributed by atoms with van der Waals surface area (Å²) in [6.07, 6.45) is 2.09. The van der Waals surface area contributed by atoms with Gasteiger partial charge in [-0.25, -0.2) is 4.68 Å². The van der Waals surface area contributed by atoms with Crippen LogP contribution in [0.2, 0.25) is 0 Å². The Hall–Kier alpha value is -1.89. The fraction of sp³-hybridized carbons (Fsp3) is 0.583. The summed E-state index contributed by atoms with van der Waals surface area (Å²) in [5.74, 6) is -0.0455. The third-order valence-corrected chi connectivity index (χ3v) is 3.29. The van der Waals surface area contributed by atoms with Gasteiger partial charge in [0.15, 0.2) is 0 Å². The van der Waals surface area contributed by atoms with Crippen molar-refractivity contribution in [2.75, 3.05) is 6.54 Å². The second-order valence-electron chi connectivity index (χ2n) is 4.87. The number of aromatic amines is 1. The Morgan fingerprint density at radius 2 is 2.21 bits per heavy atom. The van der Waals surface area contributed by atoms with Crippen LogP contribution in [0.15, 0.2) is 21.7 Å². The Balaban J connectivity index is 1.86. The lowest BCUT2D eigenvalue weighted by atomic mass is 10.1. The second-order valence-corrected chi connectivity index (χ2v) is 4.87. The minimum atomic E-state index is -0.425. The fourth-order valence-corrected chi connectivity index (χ4v) is 2.27. The van der Waals surface area contributed by atoms with E-state index in [1.54, 1.807) is 0 Å². The number of aliphatic hydroxyl groups is 1. The van der Waals surface area contributed by atoms with Crippen LogP contribution >= 0.6 is 0 Å². The van der Waals surface area contributed by atoms with E-state index < -0.39 is 11.1 Å². The van der Waals surface area contributed by atoms with E-state index in [4.69, 9.17) is 0 Å². The molecule has 0 aromatic carbocycles. The number of carbonyl (C=O) groups is 1. The molecule has 0 aliphatic heterocycles. The van der Waals surface area contributed by atoms with Crippen molar-refractivity contribution in [3.63, 3.8) is 0 Å². The van der Waals surface area contributed by atoms with Crippen molar-refractivity contribution in [2.24, 2.45) is 5.92 Å². The van der Waals surface area contributed by atoms with Crippen molar-refractivity contribution in [2.45, 2.75) is 31.9 Å². The zero-order chi connectivity index (χ0) is 13.8. The number of aliphatic hydroxyl groups excluding tert-OH is 1. The van der Waals surface area contributed by atoms with Crippen molar-refractivity contribution < 1.29 is 9.90 Å². The van der Waals surface area contributed by atoms with E-state index in [0.717, 1.165) is 29.7 Å². The quantitative estimate of drug-likeness (QED) is 0.638. The summed E-state index contributed by atoms with van der Waals surface area (Å²) in [7, 11) is 0. The lowest BCUT2D eigenvalue weighted by molar-refractivity contribution is -0.122. The normalized spacial score (nSPS) is 22.4. The van der Waals surface area contributed by atoms with Crippen LogP contribution in [-0.2, 0) is 11.3 Å². The summed E-state index contributed by atoms with van der Waals surface area (Å²) in [5.41, 5.74) is -0.850. The van der Waals surface area contributed by atoms with Crippen molar-refractivity contribution >= 4 is 5.91 Å². The summed E-state index contributed by atoms with van der Waals surface area (Å²) in [4.78, 5) is 34.1. The van der Waals surface area contributed by atoms with Gasteiger partial charge >= 0.3 is 0 Å². The SMILES string of the molecule is O=C(Cn1[nH]c(=O)ccc1=O)NCC1CCC(O)C1. The summed E-state index contributed by atoms with van der Waals surface area (Å²) in [6.45, 7) is 0.284. The lowest BCUT2D eigenvalue weighted by Crippen LogP contribution is -2.37.